The van der Waals surface area contributed by atoms with E-state index in [0.717, 1.165) is 5.56 Å². The summed E-state index contributed by atoms with van der Waals surface area (Å²) in [4.78, 5) is -0.0187. The molecule has 27 heavy (non-hydrogen) atoms. The maximum absolute atomic E-state index is 12.8. The van der Waals surface area contributed by atoms with Crippen molar-refractivity contribution < 1.29 is 17.9 Å². The minimum Gasteiger partial charge on any atom is -0.497 e. The lowest BCUT2D eigenvalue weighted by Crippen LogP contribution is -2.14. The monoisotopic (exact) mass is 407 g/mol. The van der Waals surface area contributed by atoms with E-state index < -0.39 is 10.0 Å². The highest BCUT2D eigenvalue weighted by Gasteiger charge is 2.21. The van der Waals surface area contributed by atoms with Gasteiger partial charge in [0.1, 0.15) is 16.4 Å². The van der Waals surface area contributed by atoms with Gasteiger partial charge in [0.25, 0.3) is 10.0 Å². The SMILES string of the molecule is COc1ccc(OC)c(S(=O)(=O)Nc2cnn(Cc3ccc(Cl)cc3)c2)c1. The van der Waals surface area contributed by atoms with Crippen LogP contribution in [0.25, 0.3) is 0 Å². The van der Waals surface area contributed by atoms with Gasteiger partial charge < -0.3 is 9.47 Å². The van der Waals surface area contributed by atoms with Crippen LogP contribution < -0.4 is 14.2 Å². The number of hydrogen-bond acceptors (Lipinski definition) is 5. The number of aromatic nitrogens is 2. The Morgan fingerprint density at radius 2 is 1.85 bits per heavy atom. The molecule has 0 fully saturated rings. The Kier molecular flexibility index (Phi) is 5.57. The van der Waals surface area contributed by atoms with Crippen LogP contribution >= 0.6 is 11.6 Å². The molecule has 0 aliphatic carbocycles. The molecule has 0 amide bonds. The van der Waals surface area contributed by atoms with E-state index in [-0.39, 0.29) is 10.6 Å². The van der Waals surface area contributed by atoms with Crippen LogP contribution in [-0.4, -0.2) is 32.4 Å². The lowest BCUT2D eigenvalue weighted by molar-refractivity contribution is 0.392. The summed E-state index contributed by atoms with van der Waals surface area (Å²) in [6.07, 6.45) is 3.05. The number of benzene rings is 2. The first-order valence-electron chi connectivity index (χ1n) is 7.93. The topological polar surface area (TPSA) is 82.4 Å². The van der Waals surface area contributed by atoms with Crippen molar-refractivity contribution in [2.75, 3.05) is 18.9 Å². The Morgan fingerprint density at radius 3 is 2.52 bits per heavy atom. The Hall–Kier alpha value is -2.71. The summed E-state index contributed by atoms with van der Waals surface area (Å²) in [5, 5.41) is 4.84. The van der Waals surface area contributed by atoms with Crippen molar-refractivity contribution in [3.05, 3.63) is 65.4 Å². The van der Waals surface area contributed by atoms with Crippen LogP contribution in [-0.2, 0) is 16.6 Å². The molecule has 9 heteroatoms. The predicted octanol–water partition coefficient (Wildman–Crippen LogP) is 3.40. The Morgan fingerprint density at radius 1 is 1.11 bits per heavy atom. The van der Waals surface area contributed by atoms with Crippen LogP contribution in [0.3, 0.4) is 0 Å². The standard InChI is InChI=1S/C18H18ClN3O4S/c1-25-16-7-8-17(26-2)18(9-16)27(23,24)21-15-10-20-22(12-15)11-13-3-5-14(19)6-4-13/h3-10,12,21H,11H2,1-2H3. The van der Waals surface area contributed by atoms with E-state index in [2.05, 4.69) is 9.82 Å². The van der Waals surface area contributed by atoms with E-state index in [0.29, 0.717) is 23.0 Å². The molecule has 1 N–H and O–H groups in total. The van der Waals surface area contributed by atoms with Crippen molar-refractivity contribution in [2.45, 2.75) is 11.4 Å². The molecule has 0 spiro atoms. The van der Waals surface area contributed by atoms with Gasteiger partial charge in [-0.3, -0.25) is 9.40 Å². The van der Waals surface area contributed by atoms with Crippen molar-refractivity contribution in [1.82, 2.24) is 9.78 Å². The molecule has 0 unspecified atom stereocenters. The summed E-state index contributed by atoms with van der Waals surface area (Å²) >= 11 is 5.88. The fraction of sp³-hybridized carbons (Fsp3) is 0.167. The molecule has 1 heterocycles. The second kappa shape index (κ2) is 7.89. The van der Waals surface area contributed by atoms with Crippen LogP contribution in [0.15, 0.2) is 59.8 Å². The third-order valence-electron chi connectivity index (χ3n) is 3.80. The molecule has 1 aromatic heterocycles. The highest BCUT2D eigenvalue weighted by molar-refractivity contribution is 7.92. The molecule has 3 rings (SSSR count). The van der Waals surface area contributed by atoms with Crippen LogP contribution in [0, 0.1) is 0 Å². The normalized spacial score (nSPS) is 11.2. The highest BCUT2D eigenvalue weighted by Crippen LogP contribution is 2.29. The zero-order valence-corrected chi connectivity index (χ0v) is 16.3. The Labute approximate surface area is 162 Å². The van der Waals surface area contributed by atoms with Crippen LogP contribution in [0.2, 0.25) is 5.02 Å². The number of rotatable bonds is 7. The van der Waals surface area contributed by atoms with Gasteiger partial charge in [-0.05, 0) is 29.8 Å². The summed E-state index contributed by atoms with van der Waals surface area (Å²) in [6, 6.07) is 11.9. The van der Waals surface area contributed by atoms with Crippen molar-refractivity contribution >= 4 is 27.3 Å². The number of nitrogens with zero attached hydrogens (tertiary/aromatic N) is 2. The number of ether oxygens (including phenoxy) is 2. The lowest BCUT2D eigenvalue weighted by atomic mass is 10.2. The van der Waals surface area contributed by atoms with Crippen molar-refractivity contribution in [2.24, 2.45) is 0 Å². The van der Waals surface area contributed by atoms with E-state index in [4.69, 9.17) is 21.1 Å². The second-order valence-corrected chi connectivity index (χ2v) is 7.76. The van der Waals surface area contributed by atoms with E-state index >= 15 is 0 Å². The molecule has 0 saturated carbocycles. The molecule has 0 aliphatic rings. The number of hydrogen-bond donors (Lipinski definition) is 1. The van der Waals surface area contributed by atoms with Gasteiger partial charge in [0.2, 0.25) is 0 Å². The zero-order chi connectivity index (χ0) is 19.4. The summed E-state index contributed by atoms with van der Waals surface area (Å²) in [7, 11) is -1.01. The minimum absolute atomic E-state index is 0.0187. The fourth-order valence-electron chi connectivity index (χ4n) is 2.48. The third-order valence-corrected chi connectivity index (χ3v) is 5.46. The molecule has 0 aliphatic heterocycles. The minimum atomic E-state index is -3.88. The first-order chi connectivity index (χ1) is 12.9. The second-order valence-electron chi connectivity index (χ2n) is 5.68. The molecule has 2 aromatic carbocycles. The van der Waals surface area contributed by atoms with Gasteiger partial charge in [0.05, 0.1) is 32.6 Å². The molecule has 0 saturated heterocycles. The molecule has 0 radical (unpaired) electrons. The van der Waals surface area contributed by atoms with Gasteiger partial charge >= 0.3 is 0 Å². The van der Waals surface area contributed by atoms with Gasteiger partial charge in [-0.2, -0.15) is 5.10 Å². The van der Waals surface area contributed by atoms with Gasteiger partial charge in [-0.15, -0.1) is 0 Å². The molecule has 142 valence electrons. The smallest absolute Gasteiger partial charge is 0.265 e. The number of sulfonamides is 1. The lowest BCUT2D eigenvalue weighted by Gasteiger charge is -2.11. The molecule has 3 aromatic rings. The van der Waals surface area contributed by atoms with E-state index in [1.165, 1.54) is 32.5 Å². The summed E-state index contributed by atoms with van der Waals surface area (Å²) in [5.74, 6) is 0.631. The average molecular weight is 408 g/mol. The van der Waals surface area contributed by atoms with Gasteiger partial charge in [-0.1, -0.05) is 23.7 Å². The molecular formula is C18H18ClN3O4S. The summed E-state index contributed by atoms with van der Waals surface area (Å²) in [5.41, 5.74) is 1.33. The Bertz CT molecular complexity index is 1030. The van der Waals surface area contributed by atoms with Gasteiger partial charge in [0, 0.05) is 17.3 Å². The third kappa shape index (κ3) is 4.53. The van der Waals surface area contributed by atoms with E-state index in [1.54, 1.807) is 29.1 Å². The van der Waals surface area contributed by atoms with Crippen LogP contribution in [0.5, 0.6) is 11.5 Å². The first kappa shape index (κ1) is 19.1. The molecule has 0 atom stereocenters. The molecule has 0 bridgehead atoms. The summed E-state index contributed by atoms with van der Waals surface area (Å²) in [6.45, 7) is 0.487. The van der Waals surface area contributed by atoms with Crippen molar-refractivity contribution in [1.29, 1.82) is 0 Å². The largest absolute Gasteiger partial charge is 0.497 e. The van der Waals surface area contributed by atoms with Gasteiger partial charge in [0.15, 0.2) is 0 Å². The number of nitrogens with one attached hydrogen (secondary N) is 1. The number of anilines is 1. The average Bonchev–Trinajstić information content (AvgIpc) is 3.09. The van der Waals surface area contributed by atoms with Crippen molar-refractivity contribution in [3.63, 3.8) is 0 Å². The van der Waals surface area contributed by atoms with E-state index in [9.17, 15) is 8.42 Å². The zero-order valence-electron chi connectivity index (χ0n) is 14.7. The Balaban J connectivity index is 1.81. The predicted molar refractivity (Wildman–Crippen MR) is 103 cm³/mol. The van der Waals surface area contributed by atoms with Crippen LogP contribution in [0.4, 0.5) is 5.69 Å². The highest BCUT2D eigenvalue weighted by atomic mass is 35.5. The van der Waals surface area contributed by atoms with Gasteiger partial charge in [-0.25, -0.2) is 8.42 Å². The fourth-order valence-corrected chi connectivity index (χ4v) is 3.82. The molecular weight excluding hydrogens is 390 g/mol. The maximum Gasteiger partial charge on any atom is 0.265 e. The quantitative estimate of drug-likeness (QED) is 0.649. The van der Waals surface area contributed by atoms with E-state index in [1.807, 2.05) is 12.1 Å². The number of methoxy groups -OCH3 is 2. The van der Waals surface area contributed by atoms with Crippen LogP contribution in [0.1, 0.15) is 5.56 Å². The first-order valence-corrected chi connectivity index (χ1v) is 9.79. The number of halogens is 1. The molecule has 7 nitrogen and oxygen atoms in total. The van der Waals surface area contributed by atoms with Crippen molar-refractivity contribution in [3.8, 4) is 11.5 Å². The maximum atomic E-state index is 12.8. The summed E-state index contributed by atoms with van der Waals surface area (Å²) < 4.78 is 39.9.